The van der Waals surface area contributed by atoms with Crippen LogP contribution in [0.5, 0.6) is 0 Å². The van der Waals surface area contributed by atoms with Crippen molar-refractivity contribution in [2.24, 2.45) is 0 Å². The minimum absolute atomic E-state index is 0.0893. The number of anilines is 1. The summed E-state index contributed by atoms with van der Waals surface area (Å²) in [6.07, 6.45) is 0. The minimum atomic E-state index is -0.493. The van der Waals surface area contributed by atoms with E-state index >= 15 is 0 Å². The summed E-state index contributed by atoms with van der Waals surface area (Å²) in [6.45, 7) is 0.654. The van der Waals surface area contributed by atoms with Crippen LogP contribution >= 0.6 is 15.9 Å². The quantitative estimate of drug-likeness (QED) is 0.513. The van der Waals surface area contributed by atoms with Gasteiger partial charge in [-0.05, 0) is 17.7 Å². The molecule has 0 amide bonds. The van der Waals surface area contributed by atoms with Gasteiger partial charge in [-0.15, -0.1) is 0 Å². The molecule has 0 aromatic heterocycles. The van der Waals surface area contributed by atoms with Crippen LogP contribution < -0.4 is 5.73 Å². The van der Waals surface area contributed by atoms with Gasteiger partial charge in [0.2, 0.25) is 0 Å². The fourth-order valence-corrected chi connectivity index (χ4v) is 2.24. The van der Waals surface area contributed by atoms with Crippen LogP contribution in [-0.4, -0.2) is 4.92 Å². The molecule has 0 unspecified atom stereocenters. The summed E-state index contributed by atoms with van der Waals surface area (Å²) in [5, 5.41) is 10.8. The first-order valence-corrected chi connectivity index (χ1v) is 6.71. The lowest BCUT2D eigenvalue weighted by Gasteiger charge is -2.07. The molecular weight excluding hydrogens is 324 g/mol. The monoisotopic (exact) mass is 336 g/mol. The number of halogens is 1. The molecule has 0 aliphatic carbocycles. The zero-order chi connectivity index (χ0) is 14.5. The predicted octanol–water partition coefficient (Wildman–Crippen LogP) is 3.66. The second kappa shape index (κ2) is 6.49. The van der Waals surface area contributed by atoms with Gasteiger partial charge in [0, 0.05) is 16.1 Å². The van der Waals surface area contributed by atoms with Gasteiger partial charge in [-0.1, -0.05) is 40.2 Å². The number of nitro benzene ring substituents is 1. The van der Waals surface area contributed by atoms with Crippen LogP contribution in [0, 0.1) is 10.1 Å². The van der Waals surface area contributed by atoms with E-state index < -0.39 is 4.92 Å². The molecule has 0 aliphatic heterocycles. The van der Waals surface area contributed by atoms with E-state index in [1.807, 2.05) is 24.3 Å². The zero-order valence-electron chi connectivity index (χ0n) is 10.6. The highest BCUT2D eigenvalue weighted by Crippen LogP contribution is 2.25. The number of benzene rings is 2. The van der Waals surface area contributed by atoms with Gasteiger partial charge in [0.1, 0.15) is 5.69 Å². The third-order valence-electron chi connectivity index (χ3n) is 2.79. The van der Waals surface area contributed by atoms with Crippen LogP contribution in [0.4, 0.5) is 11.4 Å². The first-order chi connectivity index (χ1) is 9.58. The van der Waals surface area contributed by atoms with Gasteiger partial charge in [0.15, 0.2) is 0 Å². The summed E-state index contributed by atoms with van der Waals surface area (Å²) in [4.78, 5) is 10.3. The molecule has 0 bridgehead atoms. The Morgan fingerprint density at radius 1 is 1.20 bits per heavy atom. The minimum Gasteiger partial charge on any atom is -0.393 e. The molecule has 2 rings (SSSR count). The Morgan fingerprint density at radius 3 is 2.65 bits per heavy atom. The smallest absolute Gasteiger partial charge is 0.292 e. The van der Waals surface area contributed by atoms with Crippen molar-refractivity contribution in [2.75, 3.05) is 5.73 Å². The van der Waals surface area contributed by atoms with Crippen molar-refractivity contribution in [3.63, 3.8) is 0 Å². The van der Waals surface area contributed by atoms with E-state index in [9.17, 15) is 10.1 Å². The molecule has 0 spiro atoms. The Bertz CT molecular complexity index is 632. The number of nitrogen functional groups attached to an aromatic ring is 1. The SMILES string of the molecule is Nc1c(COCc2cccc(Br)c2)cccc1[N+](=O)[O-]. The molecule has 0 saturated heterocycles. The van der Waals surface area contributed by atoms with Crippen LogP contribution in [0.15, 0.2) is 46.9 Å². The molecule has 0 heterocycles. The predicted molar refractivity (Wildman–Crippen MR) is 80.1 cm³/mol. The van der Waals surface area contributed by atoms with E-state index in [0.717, 1.165) is 10.0 Å². The van der Waals surface area contributed by atoms with Crippen molar-refractivity contribution in [3.05, 3.63) is 68.2 Å². The number of hydrogen-bond donors (Lipinski definition) is 1. The Kier molecular flexibility index (Phi) is 4.70. The standard InChI is InChI=1S/C14H13BrN2O3/c15-12-5-1-3-10(7-12)8-20-9-11-4-2-6-13(14(11)16)17(18)19/h1-7H,8-9,16H2. The van der Waals surface area contributed by atoms with Gasteiger partial charge in [0.25, 0.3) is 5.69 Å². The van der Waals surface area contributed by atoms with Crippen LogP contribution in [0.1, 0.15) is 11.1 Å². The highest BCUT2D eigenvalue weighted by Gasteiger charge is 2.13. The van der Waals surface area contributed by atoms with Crippen LogP contribution in [0.2, 0.25) is 0 Å². The molecule has 0 atom stereocenters. The normalized spacial score (nSPS) is 10.4. The van der Waals surface area contributed by atoms with Crippen molar-refractivity contribution in [3.8, 4) is 0 Å². The third-order valence-corrected chi connectivity index (χ3v) is 3.28. The molecule has 0 fully saturated rings. The molecule has 20 heavy (non-hydrogen) atoms. The molecule has 104 valence electrons. The van der Waals surface area contributed by atoms with E-state index in [1.165, 1.54) is 6.07 Å². The first kappa shape index (κ1) is 14.5. The molecular formula is C14H13BrN2O3. The number of hydrogen-bond acceptors (Lipinski definition) is 4. The van der Waals surface area contributed by atoms with Crippen molar-refractivity contribution in [1.29, 1.82) is 0 Å². The van der Waals surface area contributed by atoms with Gasteiger partial charge in [0.05, 0.1) is 18.1 Å². The fraction of sp³-hybridized carbons (Fsp3) is 0.143. The van der Waals surface area contributed by atoms with Gasteiger partial charge in [-0.2, -0.15) is 0 Å². The second-order valence-electron chi connectivity index (χ2n) is 4.23. The molecule has 0 aliphatic rings. The molecule has 2 aromatic rings. The number of rotatable bonds is 5. The Labute approximate surface area is 124 Å². The summed E-state index contributed by atoms with van der Waals surface area (Å²) in [5.74, 6) is 0. The maximum atomic E-state index is 10.8. The van der Waals surface area contributed by atoms with Gasteiger partial charge in [-0.25, -0.2) is 0 Å². The molecule has 5 nitrogen and oxygen atoms in total. The average molecular weight is 337 g/mol. The summed E-state index contributed by atoms with van der Waals surface area (Å²) >= 11 is 3.39. The van der Waals surface area contributed by atoms with E-state index in [2.05, 4.69) is 15.9 Å². The Morgan fingerprint density at radius 2 is 1.95 bits per heavy atom. The zero-order valence-corrected chi connectivity index (χ0v) is 12.2. The largest absolute Gasteiger partial charge is 0.393 e. The molecule has 2 N–H and O–H groups in total. The molecule has 0 radical (unpaired) electrons. The molecule has 0 saturated carbocycles. The van der Waals surface area contributed by atoms with E-state index in [1.54, 1.807) is 12.1 Å². The summed E-state index contributed by atoms with van der Waals surface area (Å²) in [5.41, 5.74) is 7.47. The van der Waals surface area contributed by atoms with Crippen LogP contribution in [0.3, 0.4) is 0 Å². The summed E-state index contributed by atoms with van der Waals surface area (Å²) in [6, 6.07) is 12.5. The highest BCUT2D eigenvalue weighted by molar-refractivity contribution is 9.10. The maximum absolute atomic E-state index is 10.8. The summed E-state index contributed by atoms with van der Waals surface area (Å²) < 4.78 is 6.53. The van der Waals surface area contributed by atoms with Crippen LogP contribution in [0.25, 0.3) is 0 Å². The number of nitrogens with zero attached hydrogens (tertiary/aromatic N) is 1. The van der Waals surface area contributed by atoms with Crippen molar-refractivity contribution < 1.29 is 9.66 Å². The van der Waals surface area contributed by atoms with Gasteiger partial charge >= 0.3 is 0 Å². The molecule has 6 heteroatoms. The topological polar surface area (TPSA) is 78.4 Å². The first-order valence-electron chi connectivity index (χ1n) is 5.92. The molecule has 2 aromatic carbocycles. The van der Waals surface area contributed by atoms with E-state index in [0.29, 0.717) is 12.2 Å². The summed E-state index contributed by atoms with van der Waals surface area (Å²) in [7, 11) is 0. The average Bonchev–Trinajstić information content (AvgIpc) is 2.40. The number of ether oxygens (including phenoxy) is 1. The van der Waals surface area contributed by atoms with Crippen molar-refractivity contribution >= 4 is 27.3 Å². The number of para-hydroxylation sites is 1. The Balaban J connectivity index is 2.01. The van der Waals surface area contributed by atoms with E-state index in [4.69, 9.17) is 10.5 Å². The van der Waals surface area contributed by atoms with Gasteiger partial charge in [-0.3, -0.25) is 10.1 Å². The second-order valence-corrected chi connectivity index (χ2v) is 5.15. The third kappa shape index (κ3) is 3.55. The lowest BCUT2D eigenvalue weighted by molar-refractivity contribution is -0.384. The number of nitro groups is 1. The number of nitrogens with two attached hydrogens (primary N) is 1. The lowest BCUT2D eigenvalue weighted by atomic mass is 10.1. The Hall–Kier alpha value is -1.92. The van der Waals surface area contributed by atoms with Crippen LogP contribution in [-0.2, 0) is 18.0 Å². The van der Waals surface area contributed by atoms with Crippen molar-refractivity contribution in [2.45, 2.75) is 13.2 Å². The van der Waals surface area contributed by atoms with E-state index in [-0.39, 0.29) is 18.0 Å². The maximum Gasteiger partial charge on any atom is 0.292 e. The fourth-order valence-electron chi connectivity index (χ4n) is 1.79. The van der Waals surface area contributed by atoms with Crippen molar-refractivity contribution in [1.82, 2.24) is 0 Å². The highest BCUT2D eigenvalue weighted by atomic mass is 79.9. The lowest BCUT2D eigenvalue weighted by Crippen LogP contribution is -2.02. The van der Waals surface area contributed by atoms with Gasteiger partial charge < -0.3 is 10.5 Å².